The van der Waals surface area contributed by atoms with Crippen molar-refractivity contribution in [2.24, 2.45) is 11.1 Å². The number of ketones is 1. The van der Waals surface area contributed by atoms with E-state index in [1.807, 2.05) is 38.1 Å². The van der Waals surface area contributed by atoms with E-state index in [9.17, 15) is 10.1 Å². The summed E-state index contributed by atoms with van der Waals surface area (Å²) >= 11 is 9.33. The summed E-state index contributed by atoms with van der Waals surface area (Å²) in [7, 11) is 0. The van der Waals surface area contributed by atoms with Crippen molar-refractivity contribution in [3.63, 3.8) is 0 Å². The van der Waals surface area contributed by atoms with Gasteiger partial charge >= 0.3 is 0 Å². The van der Waals surface area contributed by atoms with E-state index in [2.05, 4.69) is 19.1 Å². The maximum atomic E-state index is 13.1. The minimum absolute atomic E-state index is 0.0413. The molecule has 4 nitrogen and oxygen atoms in total. The number of rotatable bonds is 4. The molecule has 31 heavy (non-hydrogen) atoms. The summed E-state index contributed by atoms with van der Waals surface area (Å²) in [4.78, 5) is 16.4. The van der Waals surface area contributed by atoms with Gasteiger partial charge < -0.3 is 10.5 Å². The number of nitriles is 1. The lowest BCUT2D eigenvalue weighted by molar-refractivity contribution is -0.119. The molecule has 2 N–H and O–H groups in total. The van der Waals surface area contributed by atoms with Gasteiger partial charge in [-0.3, -0.25) is 4.79 Å². The molecule has 1 aliphatic carbocycles. The Morgan fingerprint density at radius 1 is 1.32 bits per heavy atom. The molecule has 1 aromatic heterocycles. The number of nitrogens with zero attached hydrogens (tertiary/aromatic N) is 1. The van der Waals surface area contributed by atoms with E-state index in [-0.39, 0.29) is 17.1 Å². The number of aryl methyl sites for hydroxylation is 1. The molecule has 1 unspecified atom stereocenters. The molecule has 0 spiro atoms. The fraction of sp³-hybridized carbons (Fsp3) is 0.333. The summed E-state index contributed by atoms with van der Waals surface area (Å²) in [5.74, 6) is 1.11. The van der Waals surface area contributed by atoms with E-state index >= 15 is 0 Å². The largest absolute Gasteiger partial charge is 0.444 e. The Kier molecular flexibility index (Phi) is 5.95. The number of nitrogens with two attached hydrogens (primary N) is 1. The van der Waals surface area contributed by atoms with Crippen molar-refractivity contribution in [3.8, 4) is 6.07 Å². The second kappa shape index (κ2) is 8.38. The minimum atomic E-state index is -0.449. The monoisotopic (exact) mass is 470 g/mol. The number of hydrogen-bond acceptors (Lipinski definition) is 6. The van der Waals surface area contributed by atoms with Crippen molar-refractivity contribution < 1.29 is 9.53 Å². The SMILES string of the molecule is Cc1sc(C2C(C#N)=C(N)OC3=C2C(=O)CC(C)(C)C3)cc1CSc1ccc(Cl)cc1. The molecule has 1 aromatic carbocycles. The normalized spacial score (nSPS) is 20.4. The molecule has 0 saturated carbocycles. The van der Waals surface area contributed by atoms with Crippen LogP contribution in [-0.2, 0) is 15.3 Å². The van der Waals surface area contributed by atoms with Crippen molar-refractivity contribution >= 4 is 40.5 Å². The van der Waals surface area contributed by atoms with E-state index in [1.165, 1.54) is 10.4 Å². The lowest BCUT2D eigenvalue weighted by Crippen LogP contribution is -2.33. The molecular formula is C24H23ClN2O2S2. The summed E-state index contributed by atoms with van der Waals surface area (Å²) in [6, 6.07) is 12.1. The number of ether oxygens (including phenoxy) is 1. The fourth-order valence-corrected chi connectivity index (χ4v) is 6.43. The number of benzene rings is 1. The second-order valence-corrected chi connectivity index (χ2v) is 11.4. The zero-order chi connectivity index (χ0) is 22.3. The van der Waals surface area contributed by atoms with Crippen LogP contribution in [-0.4, -0.2) is 5.78 Å². The van der Waals surface area contributed by atoms with Crippen molar-refractivity contribution in [1.82, 2.24) is 0 Å². The van der Waals surface area contributed by atoms with Gasteiger partial charge in [0.05, 0.1) is 5.92 Å². The highest BCUT2D eigenvalue weighted by Gasteiger charge is 2.43. The van der Waals surface area contributed by atoms with Crippen LogP contribution in [0, 0.1) is 23.7 Å². The van der Waals surface area contributed by atoms with Crippen molar-refractivity contribution in [1.29, 1.82) is 5.26 Å². The van der Waals surface area contributed by atoms with E-state index < -0.39 is 5.92 Å². The Morgan fingerprint density at radius 2 is 2.03 bits per heavy atom. The summed E-state index contributed by atoms with van der Waals surface area (Å²) in [5.41, 5.74) is 8.06. The first kappa shape index (κ1) is 22.0. The predicted octanol–water partition coefficient (Wildman–Crippen LogP) is 6.45. The minimum Gasteiger partial charge on any atom is -0.444 e. The zero-order valence-corrected chi connectivity index (χ0v) is 20.0. The van der Waals surface area contributed by atoms with Gasteiger partial charge in [0.1, 0.15) is 17.4 Å². The number of carbonyl (C=O) groups excluding carboxylic acids is 1. The molecule has 1 aliphatic heterocycles. The Hall–Kier alpha value is -2.20. The molecule has 2 heterocycles. The molecular weight excluding hydrogens is 448 g/mol. The van der Waals surface area contributed by atoms with Gasteiger partial charge in [-0.05, 0) is 48.2 Å². The van der Waals surface area contributed by atoms with Crippen LogP contribution in [0.3, 0.4) is 0 Å². The van der Waals surface area contributed by atoms with Gasteiger partial charge in [0, 0.05) is 43.8 Å². The van der Waals surface area contributed by atoms with Gasteiger partial charge in [0.15, 0.2) is 5.78 Å². The molecule has 4 rings (SSSR count). The van der Waals surface area contributed by atoms with Crippen molar-refractivity contribution in [2.75, 3.05) is 0 Å². The van der Waals surface area contributed by atoms with Gasteiger partial charge in [-0.25, -0.2) is 0 Å². The number of allylic oxidation sites excluding steroid dienone is 3. The lowest BCUT2D eigenvalue weighted by atomic mass is 9.71. The molecule has 160 valence electrons. The first-order valence-corrected chi connectivity index (χ1v) is 12.2. The van der Waals surface area contributed by atoms with Crippen LogP contribution >= 0.6 is 34.7 Å². The third kappa shape index (κ3) is 4.41. The van der Waals surface area contributed by atoms with E-state index in [0.717, 1.165) is 20.5 Å². The molecule has 1 atom stereocenters. The number of carbonyl (C=O) groups is 1. The average molecular weight is 471 g/mol. The number of thiophene rings is 1. The maximum Gasteiger partial charge on any atom is 0.205 e. The Bertz CT molecular complexity index is 1150. The summed E-state index contributed by atoms with van der Waals surface area (Å²) < 4.78 is 5.79. The molecule has 0 amide bonds. The van der Waals surface area contributed by atoms with Crippen LogP contribution in [0.5, 0.6) is 0 Å². The van der Waals surface area contributed by atoms with Crippen LogP contribution in [0.2, 0.25) is 5.02 Å². The third-order valence-electron chi connectivity index (χ3n) is 5.61. The summed E-state index contributed by atoms with van der Waals surface area (Å²) in [6.07, 6.45) is 1.07. The molecule has 2 aromatic rings. The van der Waals surface area contributed by atoms with E-state index in [1.54, 1.807) is 23.1 Å². The van der Waals surface area contributed by atoms with Crippen LogP contribution < -0.4 is 5.73 Å². The number of thioether (sulfide) groups is 1. The van der Waals surface area contributed by atoms with Crippen LogP contribution in [0.25, 0.3) is 0 Å². The topological polar surface area (TPSA) is 76.1 Å². The van der Waals surface area contributed by atoms with Gasteiger partial charge in [-0.1, -0.05) is 25.4 Å². The molecule has 0 fully saturated rings. The summed E-state index contributed by atoms with van der Waals surface area (Å²) in [5, 5.41) is 10.5. The molecule has 0 bridgehead atoms. The van der Waals surface area contributed by atoms with Gasteiger partial charge in [0.25, 0.3) is 0 Å². The highest BCUT2D eigenvalue weighted by Crippen LogP contribution is 2.49. The molecule has 0 saturated heterocycles. The van der Waals surface area contributed by atoms with Crippen molar-refractivity contribution in [3.05, 3.63) is 73.5 Å². The lowest BCUT2D eigenvalue weighted by Gasteiger charge is -2.36. The first-order chi connectivity index (χ1) is 14.7. The number of halogens is 1. The van der Waals surface area contributed by atoms with Crippen LogP contribution in [0.4, 0.5) is 0 Å². The molecule has 7 heteroatoms. The van der Waals surface area contributed by atoms with Gasteiger partial charge in [0.2, 0.25) is 5.88 Å². The predicted molar refractivity (Wildman–Crippen MR) is 126 cm³/mol. The van der Waals surface area contributed by atoms with Crippen LogP contribution in [0.15, 0.2) is 58.0 Å². The van der Waals surface area contributed by atoms with E-state index in [0.29, 0.717) is 29.7 Å². The zero-order valence-electron chi connectivity index (χ0n) is 17.6. The highest BCUT2D eigenvalue weighted by atomic mass is 35.5. The van der Waals surface area contributed by atoms with Crippen molar-refractivity contribution in [2.45, 2.75) is 50.2 Å². The molecule has 0 radical (unpaired) electrons. The smallest absolute Gasteiger partial charge is 0.205 e. The Morgan fingerprint density at radius 3 is 2.71 bits per heavy atom. The fourth-order valence-electron chi connectivity index (χ4n) is 4.09. The van der Waals surface area contributed by atoms with Gasteiger partial charge in [-0.15, -0.1) is 23.1 Å². The molecule has 2 aliphatic rings. The van der Waals surface area contributed by atoms with Crippen LogP contribution in [0.1, 0.15) is 47.9 Å². The average Bonchev–Trinajstić information content (AvgIpc) is 3.06. The Balaban J connectivity index is 1.68. The van der Waals surface area contributed by atoms with E-state index in [4.69, 9.17) is 22.1 Å². The second-order valence-electron chi connectivity index (χ2n) is 8.68. The first-order valence-electron chi connectivity index (χ1n) is 10.00. The standard InChI is InChI=1S/C24H23ClN2O2S2/c1-13-14(12-30-16-6-4-15(25)5-7-16)8-20(31-13)21-17(11-26)23(27)29-19-10-24(2,3)9-18(28)22(19)21/h4-8,21H,9-10,12,27H2,1-3H3. The number of hydrogen-bond donors (Lipinski definition) is 1. The van der Waals surface area contributed by atoms with Gasteiger partial charge in [-0.2, -0.15) is 5.26 Å². The highest BCUT2D eigenvalue weighted by molar-refractivity contribution is 7.98. The Labute approximate surface area is 195 Å². The summed E-state index contributed by atoms with van der Waals surface area (Å²) in [6.45, 7) is 6.17. The number of Topliss-reactive ketones (excluding diaryl/α,β-unsaturated/α-hetero) is 1. The third-order valence-corrected chi connectivity index (χ3v) is 8.08. The maximum absolute atomic E-state index is 13.1. The quantitative estimate of drug-likeness (QED) is 0.519.